The van der Waals surface area contributed by atoms with E-state index in [9.17, 15) is 9.00 Å². The van der Waals surface area contributed by atoms with Gasteiger partial charge in [-0.1, -0.05) is 12.1 Å². The van der Waals surface area contributed by atoms with Crippen LogP contribution in [0.1, 0.15) is 47.1 Å². The zero-order valence-electron chi connectivity index (χ0n) is 14.0. The van der Waals surface area contributed by atoms with Crippen LogP contribution in [0, 0.1) is 0 Å². The van der Waals surface area contributed by atoms with E-state index in [2.05, 4.69) is 9.71 Å². The largest absolute Gasteiger partial charge is 0.447 e. The second-order valence-electron chi connectivity index (χ2n) is 6.19. The van der Waals surface area contributed by atoms with Gasteiger partial charge in [-0.2, -0.15) is 4.40 Å². The minimum absolute atomic E-state index is 0.166. The smallest absolute Gasteiger partial charge is 0.411 e. The zero-order chi connectivity index (χ0) is 16.9. The van der Waals surface area contributed by atoms with Crippen molar-refractivity contribution in [2.24, 2.45) is 4.40 Å². The predicted octanol–water partition coefficient (Wildman–Crippen LogP) is 3.91. The Labute approximate surface area is 134 Å². The zero-order valence-corrected chi connectivity index (χ0v) is 14.8. The molecular formula is C16H24N2O3S. The minimum Gasteiger partial charge on any atom is -0.447 e. The Morgan fingerprint density at radius 1 is 1.23 bits per heavy atom. The van der Waals surface area contributed by atoms with Gasteiger partial charge in [0.25, 0.3) is 0 Å². The molecule has 22 heavy (non-hydrogen) atoms. The van der Waals surface area contributed by atoms with E-state index in [-0.39, 0.29) is 10.9 Å². The van der Waals surface area contributed by atoms with Crippen LogP contribution in [0.15, 0.2) is 28.7 Å². The normalized spacial score (nSPS) is 13.9. The van der Waals surface area contributed by atoms with Gasteiger partial charge in [0.15, 0.2) is 0 Å². The maximum Gasteiger partial charge on any atom is 0.411 e. The highest BCUT2D eigenvalue weighted by Gasteiger charge is 2.19. The molecule has 0 aliphatic rings. The summed E-state index contributed by atoms with van der Waals surface area (Å²) >= 11 is 0. The number of amides is 1. The Hall–Kier alpha value is -1.69. The van der Waals surface area contributed by atoms with E-state index < -0.39 is 17.1 Å². The molecule has 5 nitrogen and oxygen atoms in total. The lowest BCUT2D eigenvalue weighted by Gasteiger charge is -2.14. The van der Waals surface area contributed by atoms with Gasteiger partial charge in [0.05, 0.1) is 16.6 Å². The van der Waals surface area contributed by atoms with Gasteiger partial charge in [0.2, 0.25) is 0 Å². The van der Waals surface area contributed by atoms with Gasteiger partial charge in [-0.05, 0) is 59.2 Å². The van der Waals surface area contributed by atoms with Crippen molar-refractivity contribution in [3.05, 3.63) is 29.8 Å². The average molecular weight is 324 g/mol. The van der Waals surface area contributed by atoms with Crippen LogP contribution < -0.4 is 5.32 Å². The van der Waals surface area contributed by atoms with E-state index in [0.717, 1.165) is 5.56 Å². The molecular weight excluding hydrogens is 300 g/mol. The first-order chi connectivity index (χ1) is 10.1. The lowest BCUT2D eigenvalue weighted by atomic mass is 10.1. The van der Waals surface area contributed by atoms with Crippen molar-refractivity contribution in [2.45, 2.75) is 52.4 Å². The molecule has 0 heterocycles. The van der Waals surface area contributed by atoms with Gasteiger partial charge in [0.1, 0.15) is 11.0 Å². The second kappa shape index (κ2) is 7.54. The third-order valence-electron chi connectivity index (χ3n) is 2.64. The molecule has 0 unspecified atom stereocenters. The number of nitrogens with one attached hydrogen (secondary N) is 1. The fourth-order valence-electron chi connectivity index (χ4n) is 1.47. The summed E-state index contributed by atoms with van der Waals surface area (Å²) in [4.78, 5) is 11.5. The number of carbonyl (C=O) groups is 1. The van der Waals surface area contributed by atoms with E-state index >= 15 is 0 Å². The third kappa shape index (κ3) is 5.97. The van der Waals surface area contributed by atoms with Crippen LogP contribution in [0.25, 0.3) is 0 Å². The second-order valence-corrected chi connectivity index (χ2v) is 8.10. The summed E-state index contributed by atoms with van der Waals surface area (Å²) in [6, 6.07) is 7.17. The molecule has 0 radical (unpaired) electrons. The molecule has 0 spiro atoms. The van der Waals surface area contributed by atoms with Gasteiger partial charge in [-0.3, -0.25) is 5.32 Å². The highest BCUT2D eigenvalue weighted by molar-refractivity contribution is 7.85. The summed E-state index contributed by atoms with van der Waals surface area (Å²) in [6.07, 6.45) is -0.650. The predicted molar refractivity (Wildman–Crippen MR) is 91.8 cm³/mol. The molecule has 122 valence electrons. The summed E-state index contributed by atoms with van der Waals surface area (Å²) in [5.74, 6) is 0. The Morgan fingerprint density at radius 3 is 2.23 bits per heavy atom. The number of hydrogen-bond acceptors (Lipinski definition) is 3. The topological polar surface area (TPSA) is 67.8 Å². The van der Waals surface area contributed by atoms with E-state index in [1.807, 2.05) is 39.8 Å². The SMILES string of the molecule is C/C(=N\[S@](=O)C(C)(C)C)c1ccc(NC(=O)OC(C)C)cc1. The van der Waals surface area contributed by atoms with Crippen molar-refractivity contribution in [1.82, 2.24) is 0 Å². The Morgan fingerprint density at radius 2 is 1.77 bits per heavy atom. The molecule has 1 aromatic carbocycles. The Kier molecular flexibility index (Phi) is 6.29. The standard InChI is InChI=1S/C16H24N2O3S/c1-11(2)21-15(19)17-14-9-7-13(8-10-14)12(3)18-22(20)16(4,5)6/h7-11H,1-6H3,(H,17,19)/b18-12+/t22-/m1/s1. The van der Waals surface area contributed by atoms with Crippen LogP contribution >= 0.6 is 0 Å². The molecule has 1 aromatic rings. The number of hydrogen-bond donors (Lipinski definition) is 1. The van der Waals surface area contributed by atoms with Gasteiger partial charge in [-0.25, -0.2) is 9.00 Å². The molecule has 0 aliphatic carbocycles. The molecule has 0 fully saturated rings. The van der Waals surface area contributed by atoms with Crippen LogP contribution in [-0.2, 0) is 15.7 Å². The Bertz CT molecular complexity index is 572. The van der Waals surface area contributed by atoms with Crippen LogP contribution in [0.5, 0.6) is 0 Å². The van der Waals surface area contributed by atoms with Crippen molar-refractivity contribution in [1.29, 1.82) is 0 Å². The Balaban J connectivity index is 2.78. The molecule has 0 aromatic heterocycles. The number of anilines is 1. The van der Waals surface area contributed by atoms with Crippen molar-refractivity contribution >= 4 is 28.5 Å². The summed E-state index contributed by atoms with van der Waals surface area (Å²) in [5.41, 5.74) is 2.20. The molecule has 0 saturated carbocycles. The van der Waals surface area contributed by atoms with Gasteiger partial charge >= 0.3 is 6.09 Å². The molecule has 1 rings (SSSR count). The summed E-state index contributed by atoms with van der Waals surface area (Å²) in [6.45, 7) is 11.0. The fraction of sp³-hybridized carbons (Fsp3) is 0.500. The molecule has 1 amide bonds. The number of ether oxygens (including phenoxy) is 1. The maximum atomic E-state index is 12.0. The summed E-state index contributed by atoms with van der Waals surface area (Å²) in [7, 11) is -1.29. The van der Waals surface area contributed by atoms with Crippen LogP contribution in [0.2, 0.25) is 0 Å². The quantitative estimate of drug-likeness (QED) is 0.854. The first-order valence-electron chi connectivity index (χ1n) is 7.15. The first-order valence-corrected chi connectivity index (χ1v) is 8.25. The highest BCUT2D eigenvalue weighted by atomic mass is 32.2. The third-order valence-corrected chi connectivity index (χ3v) is 4.12. The molecule has 1 atom stereocenters. The molecule has 6 heteroatoms. The lowest BCUT2D eigenvalue weighted by molar-refractivity contribution is 0.130. The van der Waals surface area contributed by atoms with E-state index in [1.54, 1.807) is 26.0 Å². The highest BCUT2D eigenvalue weighted by Crippen LogP contribution is 2.15. The molecule has 1 N–H and O–H groups in total. The van der Waals surface area contributed by atoms with Gasteiger partial charge < -0.3 is 4.74 Å². The number of rotatable bonds is 4. The minimum atomic E-state index is -1.29. The van der Waals surface area contributed by atoms with Crippen molar-refractivity contribution < 1.29 is 13.7 Å². The fourth-order valence-corrected chi connectivity index (χ4v) is 2.10. The maximum absolute atomic E-state index is 12.0. The monoisotopic (exact) mass is 324 g/mol. The number of benzene rings is 1. The van der Waals surface area contributed by atoms with Crippen LogP contribution in [-0.4, -0.2) is 26.9 Å². The van der Waals surface area contributed by atoms with E-state index in [4.69, 9.17) is 4.74 Å². The van der Waals surface area contributed by atoms with Crippen molar-refractivity contribution in [3.8, 4) is 0 Å². The number of carbonyl (C=O) groups excluding carboxylic acids is 1. The van der Waals surface area contributed by atoms with E-state index in [0.29, 0.717) is 11.4 Å². The molecule has 0 aliphatic heterocycles. The van der Waals surface area contributed by atoms with Crippen molar-refractivity contribution in [2.75, 3.05) is 5.32 Å². The lowest BCUT2D eigenvalue weighted by Crippen LogP contribution is -2.20. The molecule has 0 bridgehead atoms. The molecule has 0 saturated heterocycles. The van der Waals surface area contributed by atoms with Crippen molar-refractivity contribution in [3.63, 3.8) is 0 Å². The number of nitrogens with zero attached hydrogens (tertiary/aromatic N) is 1. The van der Waals surface area contributed by atoms with Gasteiger partial charge in [-0.15, -0.1) is 0 Å². The first kappa shape index (κ1) is 18.4. The van der Waals surface area contributed by atoms with Gasteiger partial charge in [0, 0.05) is 5.69 Å². The van der Waals surface area contributed by atoms with E-state index in [1.165, 1.54) is 0 Å². The average Bonchev–Trinajstić information content (AvgIpc) is 2.37. The van der Waals surface area contributed by atoms with Crippen LogP contribution in [0.3, 0.4) is 0 Å². The van der Waals surface area contributed by atoms with Crippen LogP contribution in [0.4, 0.5) is 10.5 Å². The summed E-state index contributed by atoms with van der Waals surface area (Å²) in [5, 5.41) is 2.64. The summed E-state index contributed by atoms with van der Waals surface area (Å²) < 4.78 is 20.9.